The number of amides is 3. The smallest absolute Gasteiger partial charge is 0.336 e. The van der Waals surface area contributed by atoms with E-state index in [1.165, 1.54) is 27.9 Å². The highest BCUT2D eigenvalue weighted by molar-refractivity contribution is 7.25. The van der Waals surface area contributed by atoms with E-state index in [2.05, 4.69) is 20.0 Å². The van der Waals surface area contributed by atoms with Crippen LogP contribution in [-0.2, 0) is 52.1 Å². The summed E-state index contributed by atoms with van der Waals surface area (Å²) in [6.45, 7) is 2.36. The highest BCUT2D eigenvalue weighted by atomic mass is 32.1. The van der Waals surface area contributed by atoms with Gasteiger partial charge in [0.2, 0.25) is 10.3 Å². The van der Waals surface area contributed by atoms with Crippen molar-refractivity contribution in [3.63, 3.8) is 0 Å². The molecule has 1 atom stereocenters. The highest BCUT2D eigenvalue weighted by Gasteiger charge is 2.63. The maximum absolute atomic E-state index is 14.7. The number of thiazole rings is 2. The van der Waals surface area contributed by atoms with Crippen molar-refractivity contribution in [3.05, 3.63) is 105 Å². The molecule has 0 saturated heterocycles. The van der Waals surface area contributed by atoms with Crippen molar-refractivity contribution in [2.45, 2.75) is 38.7 Å². The number of carbonyl (C=O) groups excluding carboxylic acids is 5. The van der Waals surface area contributed by atoms with Gasteiger partial charge in [0, 0.05) is 19.7 Å². The van der Waals surface area contributed by atoms with Gasteiger partial charge in [-0.15, -0.1) is 0 Å². The van der Waals surface area contributed by atoms with E-state index < -0.39 is 41.3 Å². The quantitative estimate of drug-likeness (QED) is 0.152. The lowest BCUT2D eigenvalue weighted by atomic mass is 9.84. The van der Waals surface area contributed by atoms with Gasteiger partial charge in [-0.05, 0) is 30.5 Å². The Morgan fingerprint density at radius 1 is 0.772 bits per heavy atom. The van der Waals surface area contributed by atoms with E-state index in [-0.39, 0.29) is 78.3 Å². The molecule has 3 amide bonds. The van der Waals surface area contributed by atoms with Crippen molar-refractivity contribution < 1.29 is 38.6 Å². The zero-order valence-corrected chi connectivity index (χ0v) is 32.1. The lowest BCUT2D eigenvalue weighted by molar-refractivity contribution is -0.164. The molecule has 0 fully saturated rings. The first kappa shape index (κ1) is 38.3. The van der Waals surface area contributed by atoms with Crippen LogP contribution in [0, 0.1) is 22.7 Å². The molecular formula is C39H28N8O8S2. The van der Waals surface area contributed by atoms with E-state index in [1.807, 2.05) is 12.1 Å². The predicted octanol–water partition coefficient (Wildman–Crippen LogP) is 3.97. The normalized spacial score (nSPS) is 18.8. The molecule has 1 N–H and O–H groups in total. The summed E-state index contributed by atoms with van der Waals surface area (Å²) in [6, 6.07) is 21.1. The van der Waals surface area contributed by atoms with Gasteiger partial charge in [-0.2, -0.15) is 10.5 Å². The van der Waals surface area contributed by atoms with Crippen LogP contribution in [0.4, 0.5) is 10.3 Å². The predicted molar refractivity (Wildman–Crippen MR) is 204 cm³/mol. The second kappa shape index (κ2) is 14.9. The second-order valence-corrected chi connectivity index (χ2v) is 14.8. The molecule has 2 aliphatic heterocycles. The van der Waals surface area contributed by atoms with E-state index >= 15 is 0 Å². The third-order valence-electron chi connectivity index (χ3n) is 9.49. The van der Waals surface area contributed by atoms with Crippen LogP contribution in [-0.4, -0.2) is 86.3 Å². The van der Waals surface area contributed by atoms with E-state index in [9.17, 15) is 39.6 Å². The molecule has 1 unspecified atom stereocenters. The summed E-state index contributed by atoms with van der Waals surface area (Å²) in [4.78, 5) is 88.4. The number of nitrogens with zero attached hydrogens (tertiary/aromatic N) is 8. The first-order chi connectivity index (χ1) is 27.3. The summed E-state index contributed by atoms with van der Waals surface area (Å²) in [7, 11) is 2.51. The molecule has 57 heavy (non-hydrogen) atoms. The molecule has 3 aliphatic rings. The van der Waals surface area contributed by atoms with Crippen LogP contribution in [0.1, 0.15) is 36.4 Å². The lowest BCUT2D eigenvalue weighted by Crippen LogP contribution is -2.47. The van der Waals surface area contributed by atoms with Crippen molar-refractivity contribution in [2.75, 3.05) is 14.1 Å². The largest absolute Gasteiger partial charge is 0.459 e. The van der Waals surface area contributed by atoms with Gasteiger partial charge in [0.1, 0.15) is 42.2 Å². The number of aromatic nitrogens is 2. The van der Waals surface area contributed by atoms with Crippen LogP contribution in [0.15, 0.2) is 92.9 Å². The van der Waals surface area contributed by atoms with Crippen LogP contribution in [0.5, 0.6) is 0 Å². The molecule has 0 saturated carbocycles. The number of benzene rings is 2. The number of hydrogen-bond donors (Lipinski definition) is 1. The minimum Gasteiger partial charge on any atom is -0.459 e. The van der Waals surface area contributed by atoms with Gasteiger partial charge in [-0.3, -0.25) is 19.3 Å². The molecule has 16 nitrogen and oxygen atoms in total. The van der Waals surface area contributed by atoms with Crippen molar-refractivity contribution in [1.82, 2.24) is 19.8 Å². The molecule has 1 aliphatic carbocycles. The summed E-state index contributed by atoms with van der Waals surface area (Å²) < 4.78 is 11.7. The summed E-state index contributed by atoms with van der Waals surface area (Å²) >= 11 is 1.82. The summed E-state index contributed by atoms with van der Waals surface area (Å²) in [6.07, 6.45) is -1.56. The van der Waals surface area contributed by atoms with Crippen LogP contribution >= 0.6 is 22.7 Å². The van der Waals surface area contributed by atoms with Crippen molar-refractivity contribution in [2.24, 2.45) is 9.98 Å². The Morgan fingerprint density at radius 2 is 1.25 bits per heavy atom. The summed E-state index contributed by atoms with van der Waals surface area (Å²) in [5.41, 5.74) is -2.24. The van der Waals surface area contributed by atoms with Crippen LogP contribution in [0.3, 0.4) is 0 Å². The minimum atomic E-state index is -2.47. The van der Waals surface area contributed by atoms with Gasteiger partial charge >= 0.3 is 11.9 Å². The Bertz CT molecular complexity index is 2570. The van der Waals surface area contributed by atoms with Gasteiger partial charge in [0.15, 0.2) is 6.23 Å². The topological polar surface area (TPSA) is 229 Å². The summed E-state index contributed by atoms with van der Waals surface area (Å²) in [5.74, 6) is -4.48. The maximum Gasteiger partial charge on any atom is 0.336 e. The molecule has 7 rings (SSSR count). The van der Waals surface area contributed by atoms with Gasteiger partial charge < -0.3 is 19.5 Å². The number of imide groups is 1. The molecule has 0 radical (unpaired) electrons. The van der Waals surface area contributed by atoms with E-state index in [0.717, 1.165) is 32.5 Å². The molecule has 0 spiro atoms. The number of carbonyl (C=O) groups is 5. The molecule has 4 aromatic rings. The van der Waals surface area contributed by atoms with E-state index in [0.29, 0.717) is 11.1 Å². The second-order valence-electron chi connectivity index (χ2n) is 12.9. The Morgan fingerprint density at radius 3 is 1.74 bits per heavy atom. The molecule has 284 valence electrons. The van der Waals surface area contributed by atoms with Crippen LogP contribution < -0.4 is 0 Å². The number of aliphatic imine (C=N–C) groups is 2. The zero-order valence-electron chi connectivity index (χ0n) is 30.5. The maximum atomic E-state index is 14.7. The Labute approximate surface area is 332 Å². The first-order valence-electron chi connectivity index (χ1n) is 17.0. The number of esters is 2. The highest BCUT2D eigenvalue weighted by Crippen LogP contribution is 2.57. The Kier molecular flexibility index (Phi) is 10.0. The van der Waals surface area contributed by atoms with Gasteiger partial charge in [0.05, 0.1) is 26.9 Å². The fourth-order valence-electron chi connectivity index (χ4n) is 6.32. The SMILES string of the molecule is CC1=C(C#N)C(=O)N(C)C(=O)/C1=N\c1nc2c(s1)-c1sc(/N=C3/C(C)=C(C#N)C(=O)N(C)C3O)nc1C2(C(=O)OCc1ccccc1)C(=O)OCc1ccccc1. The number of fused-ring (bicyclic) bond motifs is 3. The molecular weight excluding hydrogens is 773 g/mol. The Balaban J connectivity index is 1.44. The number of likely N-dealkylation sites (N-methyl/N-ethyl adjacent to an activating group) is 2. The molecule has 2 aromatic heterocycles. The van der Waals surface area contributed by atoms with Crippen LogP contribution in [0.25, 0.3) is 9.75 Å². The number of aliphatic hydroxyl groups excluding tert-OH is 1. The molecule has 0 bridgehead atoms. The average Bonchev–Trinajstić information content (AvgIpc) is 3.89. The van der Waals surface area contributed by atoms with Crippen molar-refractivity contribution in [3.8, 4) is 21.9 Å². The first-order valence-corrected chi connectivity index (χ1v) is 18.6. The van der Waals surface area contributed by atoms with Crippen molar-refractivity contribution in [1.29, 1.82) is 10.5 Å². The number of ether oxygens (including phenoxy) is 2. The zero-order chi connectivity index (χ0) is 40.8. The molecule has 18 heteroatoms. The molecule has 2 aromatic carbocycles. The molecule has 4 heterocycles. The fraction of sp³-hybridized carbons (Fsp3) is 0.205. The average molecular weight is 801 g/mol. The Hall–Kier alpha value is -6.99. The van der Waals surface area contributed by atoms with Crippen LogP contribution in [0.2, 0.25) is 0 Å². The fourth-order valence-corrected chi connectivity index (χ4v) is 8.46. The lowest BCUT2D eigenvalue weighted by Gasteiger charge is -2.29. The van der Waals surface area contributed by atoms with E-state index in [1.54, 1.807) is 60.7 Å². The van der Waals surface area contributed by atoms with Crippen molar-refractivity contribution >= 4 is 74.0 Å². The number of rotatable bonds is 8. The number of aliphatic hydroxyl groups is 1. The number of hydrogen-bond acceptors (Lipinski definition) is 16. The summed E-state index contributed by atoms with van der Waals surface area (Å²) in [5, 5.41) is 30.3. The number of nitriles is 2. The van der Waals surface area contributed by atoms with Gasteiger partial charge in [-0.25, -0.2) is 29.5 Å². The van der Waals surface area contributed by atoms with Gasteiger partial charge in [0.25, 0.3) is 23.1 Å². The monoisotopic (exact) mass is 800 g/mol. The third kappa shape index (κ3) is 6.31. The third-order valence-corrected chi connectivity index (χ3v) is 11.6. The van der Waals surface area contributed by atoms with Gasteiger partial charge in [-0.1, -0.05) is 83.3 Å². The van der Waals surface area contributed by atoms with E-state index in [4.69, 9.17) is 9.47 Å². The standard InChI is InChI=1S/C39H28N8O8S2/c1-19-23(15-40)31(48)46(3)33(50)25(19)42-37-44-29-27(56-37)28-30(45-38(57-28)43-26-20(2)24(16-41)32(49)47(4)34(26)51)39(29,35(52)54-17-21-11-7-5-8-12-21)36(53)55-18-22-13-9-6-10-14-22/h5-14,33,50H,17-18H2,1-4H3/b42-25-,43-26-. The minimum absolute atomic E-state index is 0.0167.